The molecule has 0 aromatic carbocycles. The average Bonchev–Trinajstić information content (AvgIpc) is 3.01. The normalized spacial score (nSPS) is 18.2. The maximum atomic E-state index is 5.59. The molecule has 0 amide bonds. The van der Waals surface area contributed by atoms with Gasteiger partial charge in [-0.25, -0.2) is 0 Å². The van der Waals surface area contributed by atoms with E-state index in [9.17, 15) is 0 Å². The highest BCUT2D eigenvalue weighted by molar-refractivity contribution is 5.05. The van der Waals surface area contributed by atoms with E-state index in [1.807, 2.05) is 6.07 Å². The van der Waals surface area contributed by atoms with E-state index in [2.05, 4.69) is 25.2 Å². The molecule has 1 aliphatic rings. The molecule has 2 heterocycles. The van der Waals surface area contributed by atoms with Gasteiger partial charge in [-0.1, -0.05) is 13.8 Å². The van der Waals surface area contributed by atoms with Gasteiger partial charge < -0.3 is 19.4 Å². The molecule has 1 saturated heterocycles. The predicted octanol–water partition coefficient (Wildman–Crippen LogP) is 0.278. The van der Waals surface area contributed by atoms with Crippen LogP contribution < -0.4 is 10.2 Å². The van der Waals surface area contributed by atoms with Crippen LogP contribution in [-0.2, 0) is 4.74 Å². The van der Waals surface area contributed by atoms with Crippen LogP contribution in [0.2, 0.25) is 0 Å². The molecule has 1 atom stereocenters. The second kappa shape index (κ2) is 9.23. The SMILES string of the molecule is CC(C)[C@H](CC[NH2+]CCC[NH+]1CCOCC1)c1ccco1. The lowest BCUT2D eigenvalue weighted by Crippen LogP contribution is -3.14. The third kappa shape index (κ3) is 5.81. The zero-order valence-corrected chi connectivity index (χ0v) is 13.6. The fraction of sp³-hybridized carbons (Fsp3) is 0.765. The zero-order valence-electron chi connectivity index (χ0n) is 13.6. The van der Waals surface area contributed by atoms with E-state index in [4.69, 9.17) is 9.15 Å². The summed E-state index contributed by atoms with van der Waals surface area (Å²) in [4.78, 5) is 1.71. The van der Waals surface area contributed by atoms with Gasteiger partial charge in [0.15, 0.2) is 0 Å². The topological polar surface area (TPSA) is 43.4 Å². The lowest BCUT2D eigenvalue weighted by atomic mass is 9.90. The summed E-state index contributed by atoms with van der Waals surface area (Å²) in [5.41, 5.74) is 0. The Labute approximate surface area is 128 Å². The molecule has 0 bridgehead atoms. The molecule has 4 nitrogen and oxygen atoms in total. The molecule has 21 heavy (non-hydrogen) atoms. The van der Waals surface area contributed by atoms with Crippen molar-refractivity contribution in [1.29, 1.82) is 0 Å². The van der Waals surface area contributed by atoms with Crippen LogP contribution in [0.15, 0.2) is 22.8 Å². The quantitative estimate of drug-likeness (QED) is 0.643. The summed E-state index contributed by atoms with van der Waals surface area (Å²) in [5.74, 6) is 2.35. The number of hydrogen-bond donors (Lipinski definition) is 2. The highest BCUT2D eigenvalue weighted by Gasteiger charge is 2.19. The minimum atomic E-state index is 0.557. The second-order valence-electron chi connectivity index (χ2n) is 6.49. The summed E-state index contributed by atoms with van der Waals surface area (Å²) < 4.78 is 11.0. The summed E-state index contributed by atoms with van der Waals surface area (Å²) in [6.07, 6.45) is 4.30. The summed E-state index contributed by atoms with van der Waals surface area (Å²) >= 11 is 0. The van der Waals surface area contributed by atoms with Crippen LogP contribution in [0.25, 0.3) is 0 Å². The van der Waals surface area contributed by atoms with Crippen LogP contribution in [0.1, 0.15) is 38.4 Å². The summed E-state index contributed by atoms with van der Waals surface area (Å²) in [5, 5.41) is 2.47. The monoisotopic (exact) mass is 296 g/mol. The standard InChI is InChI=1S/C17H30N2O2/c1-15(2)16(17-5-3-12-21-17)6-8-18-7-4-9-19-10-13-20-14-11-19/h3,5,12,15-16,18H,4,6-11,13-14H2,1-2H3/p+2/t16-/m0/s1. The van der Waals surface area contributed by atoms with E-state index < -0.39 is 0 Å². The first-order valence-electron chi connectivity index (χ1n) is 8.53. The molecule has 0 spiro atoms. The molecule has 1 aromatic rings. The number of quaternary nitrogens is 2. The van der Waals surface area contributed by atoms with E-state index >= 15 is 0 Å². The number of nitrogens with two attached hydrogens (primary N) is 1. The van der Waals surface area contributed by atoms with Crippen molar-refractivity contribution in [3.05, 3.63) is 24.2 Å². The third-order valence-electron chi connectivity index (χ3n) is 4.53. The van der Waals surface area contributed by atoms with Crippen LogP contribution in [0.5, 0.6) is 0 Å². The number of hydrogen-bond acceptors (Lipinski definition) is 2. The first kappa shape index (κ1) is 16.5. The van der Waals surface area contributed by atoms with Crippen molar-refractivity contribution < 1.29 is 19.4 Å². The predicted molar refractivity (Wildman–Crippen MR) is 83.6 cm³/mol. The van der Waals surface area contributed by atoms with E-state index in [0.29, 0.717) is 11.8 Å². The molecule has 1 aliphatic heterocycles. The minimum Gasteiger partial charge on any atom is -0.469 e. The van der Waals surface area contributed by atoms with Gasteiger partial charge in [-0.2, -0.15) is 0 Å². The van der Waals surface area contributed by atoms with Gasteiger partial charge in [0.25, 0.3) is 0 Å². The molecule has 120 valence electrons. The molecule has 2 rings (SSSR count). The van der Waals surface area contributed by atoms with Crippen molar-refractivity contribution in [1.82, 2.24) is 0 Å². The zero-order chi connectivity index (χ0) is 14.9. The van der Waals surface area contributed by atoms with Crippen molar-refractivity contribution in [3.63, 3.8) is 0 Å². The van der Waals surface area contributed by atoms with Crippen LogP contribution in [0.4, 0.5) is 0 Å². The number of ether oxygens (including phenoxy) is 1. The first-order valence-corrected chi connectivity index (χ1v) is 8.53. The van der Waals surface area contributed by atoms with E-state index in [1.165, 1.54) is 45.6 Å². The summed E-state index contributed by atoms with van der Waals surface area (Å²) in [7, 11) is 0. The second-order valence-corrected chi connectivity index (χ2v) is 6.49. The summed E-state index contributed by atoms with van der Waals surface area (Å²) in [6, 6.07) is 4.12. The van der Waals surface area contributed by atoms with Crippen LogP contribution in [-0.4, -0.2) is 45.9 Å². The smallest absolute Gasteiger partial charge is 0.107 e. The molecular weight excluding hydrogens is 264 g/mol. The van der Waals surface area contributed by atoms with Crippen molar-refractivity contribution >= 4 is 0 Å². The molecular formula is C17H32N2O2+2. The van der Waals surface area contributed by atoms with Crippen molar-refractivity contribution in [2.45, 2.75) is 32.6 Å². The van der Waals surface area contributed by atoms with Crippen molar-refractivity contribution in [2.75, 3.05) is 45.9 Å². The number of furan rings is 1. The Morgan fingerprint density at radius 2 is 2.05 bits per heavy atom. The number of nitrogens with one attached hydrogen (secondary N) is 1. The molecule has 0 radical (unpaired) electrons. The number of rotatable bonds is 9. The van der Waals surface area contributed by atoms with Gasteiger partial charge in [0.1, 0.15) is 18.8 Å². The van der Waals surface area contributed by atoms with Gasteiger partial charge in [-0.3, -0.25) is 0 Å². The Balaban J connectivity index is 1.55. The Hall–Kier alpha value is -0.840. The van der Waals surface area contributed by atoms with Crippen LogP contribution in [0, 0.1) is 5.92 Å². The lowest BCUT2D eigenvalue weighted by Gasteiger charge is -2.23. The Morgan fingerprint density at radius 3 is 2.71 bits per heavy atom. The molecule has 1 fully saturated rings. The van der Waals surface area contributed by atoms with Gasteiger partial charge in [0.05, 0.1) is 39.1 Å². The van der Waals surface area contributed by atoms with Gasteiger partial charge in [-0.05, 0) is 18.1 Å². The molecule has 0 aliphatic carbocycles. The largest absolute Gasteiger partial charge is 0.469 e. The molecule has 0 saturated carbocycles. The highest BCUT2D eigenvalue weighted by Crippen LogP contribution is 2.27. The van der Waals surface area contributed by atoms with Crippen LogP contribution >= 0.6 is 0 Å². The van der Waals surface area contributed by atoms with Crippen molar-refractivity contribution in [3.8, 4) is 0 Å². The van der Waals surface area contributed by atoms with Gasteiger partial charge >= 0.3 is 0 Å². The third-order valence-corrected chi connectivity index (χ3v) is 4.53. The van der Waals surface area contributed by atoms with Crippen molar-refractivity contribution in [2.24, 2.45) is 5.92 Å². The van der Waals surface area contributed by atoms with E-state index in [0.717, 1.165) is 19.0 Å². The minimum absolute atomic E-state index is 0.557. The van der Waals surface area contributed by atoms with E-state index in [1.54, 1.807) is 11.2 Å². The van der Waals surface area contributed by atoms with Gasteiger partial charge in [-0.15, -0.1) is 0 Å². The number of morpholine rings is 1. The lowest BCUT2D eigenvalue weighted by molar-refractivity contribution is -0.909. The van der Waals surface area contributed by atoms with Gasteiger partial charge in [0.2, 0.25) is 0 Å². The van der Waals surface area contributed by atoms with E-state index in [-0.39, 0.29) is 0 Å². The maximum Gasteiger partial charge on any atom is 0.107 e. The molecule has 1 aromatic heterocycles. The molecule has 4 heteroatoms. The molecule has 3 N–H and O–H groups in total. The Bertz CT molecular complexity index is 359. The Morgan fingerprint density at radius 1 is 1.24 bits per heavy atom. The Kier molecular flexibility index (Phi) is 7.27. The van der Waals surface area contributed by atoms with Crippen LogP contribution in [0.3, 0.4) is 0 Å². The maximum absolute atomic E-state index is 5.59. The molecule has 0 unspecified atom stereocenters. The average molecular weight is 296 g/mol. The fourth-order valence-electron chi connectivity index (χ4n) is 3.15. The summed E-state index contributed by atoms with van der Waals surface area (Å²) in [6.45, 7) is 12.6. The highest BCUT2D eigenvalue weighted by atomic mass is 16.5. The first-order chi connectivity index (χ1) is 10.3. The fourth-order valence-corrected chi connectivity index (χ4v) is 3.15. The van der Waals surface area contributed by atoms with Gasteiger partial charge in [0, 0.05) is 18.8 Å².